The lowest BCUT2D eigenvalue weighted by atomic mass is 9.83. The third-order valence-corrected chi connectivity index (χ3v) is 5.97. The van der Waals surface area contributed by atoms with Crippen LogP contribution in [0.25, 0.3) is 0 Å². The van der Waals surface area contributed by atoms with Crippen molar-refractivity contribution in [2.45, 2.75) is 63.8 Å². The molecule has 1 fully saturated rings. The van der Waals surface area contributed by atoms with Crippen LogP contribution in [0.15, 0.2) is 0 Å². The van der Waals surface area contributed by atoms with Gasteiger partial charge in [0, 0.05) is 16.8 Å². The van der Waals surface area contributed by atoms with Crippen molar-refractivity contribution in [3.8, 4) is 0 Å². The van der Waals surface area contributed by atoms with Crippen LogP contribution in [0, 0.1) is 5.92 Å². The Morgan fingerprint density at radius 1 is 1.22 bits per heavy atom. The molecule has 2 aliphatic rings. The van der Waals surface area contributed by atoms with Crippen molar-refractivity contribution in [2.24, 2.45) is 5.92 Å². The lowest BCUT2D eigenvalue weighted by molar-refractivity contribution is 0.343. The zero-order valence-corrected chi connectivity index (χ0v) is 12.4. The number of hydrogen-bond donors (Lipinski definition) is 1. The van der Waals surface area contributed by atoms with Crippen LogP contribution < -0.4 is 5.32 Å². The zero-order valence-electron chi connectivity index (χ0n) is 11.5. The first-order chi connectivity index (χ1) is 8.78. The molecule has 3 unspecified atom stereocenters. The molecule has 0 saturated heterocycles. The average molecular weight is 264 g/mol. The molecule has 0 amide bonds. The standard InChI is InChI=1S/C15H24N2S/c1-10-5-3-6-11(9-10)15-17-13-8-4-7-12(16-2)14(13)18-15/h10-12,16H,3-9H2,1-2H3. The number of aromatic nitrogens is 1. The van der Waals surface area contributed by atoms with Crippen molar-refractivity contribution < 1.29 is 0 Å². The van der Waals surface area contributed by atoms with E-state index in [9.17, 15) is 0 Å². The Hall–Kier alpha value is -0.410. The maximum atomic E-state index is 4.99. The first kappa shape index (κ1) is 12.6. The summed E-state index contributed by atoms with van der Waals surface area (Å²) in [4.78, 5) is 6.52. The lowest BCUT2D eigenvalue weighted by Gasteiger charge is -2.24. The van der Waals surface area contributed by atoms with Crippen molar-refractivity contribution in [3.63, 3.8) is 0 Å². The van der Waals surface area contributed by atoms with Gasteiger partial charge in [0.2, 0.25) is 0 Å². The molecule has 3 atom stereocenters. The number of nitrogens with zero attached hydrogens (tertiary/aromatic N) is 1. The van der Waals surface area contributed by atoms with Gasteiger partial charge >= 0.3 is 0 Å². The normalized spacial score (nSPS) is 32.2. The molecule has 0 spiro atoms. The number of aryl methyl sites for hydroxylation is 1. The molecule has 3 rings (SSSR count). The van der Waals surface area contributed by atoms with E-state index in [2.05, 4.69) is 19.3 Å². The van der Waals surface area contributed by atoms with Gasteiger partial charge in [-0.25, -0.2) is 4.98 Å². The summed E-state index contributed by atoms with van der Waals surface area (Å²) in [5.41, 5.74) is 1.40. The topological polar surface area (TPSA) is 24.9 Å². The molecule has 100 valence electrons. The third kappa shape index (κ3) is 2.35. The van der Waals surface area contributed by atoms with Crippen LogP contribution >= 0.6 is 11.3 Å². The monoisotopic (exact) mass is 264 g/mol. The maximum Gasteiger partial charge on any atom is 0.0962 e. The largest absolute Gasteiger partial charge is 0.312 e. The van der Waals surface area contributed by atoms with E-state index in [4.69, 9.17) is 4.98 Å². The van der Waals surface area contributed by atoms with E-state index in [0.29, 0.717) is 6.04 Å². The van der Waals surface area contributed by atoms with E-state index in [1.165, 1.54) is 60.5 Å². The molecule has 1 saturated carbocycles. The van der Waals surface area contributed by atoms with Crippen LogP contribution in [0.4, 0.5) is 0 Å². The first-order valence-corrected chi connectivity index (χ1v) is 8.26. The highest BCUT2D eigenvalue weighted by Gasteiger charge is 2.28. The minimum absolute atomic E-state index is 0.570. The minimum atomic E-state index is 0.570. The van der Waals surface area contributed by atoms with Crippen molar-refractivity contribution >= 4 is 11.3 Å². The molecule has 1 aromatic rings. The summed E-state index contributed by atoms with van der Waals surface area (Å²) in [5.74, 6) is 1.65. The molecule has 2 aliphatic carbocycles. The Morgan fingerprint density at radius 3 is 2.89 bits per heavy atom. The van der Waals surface area contributed by atoms with Gasteiger partial charge in [-0.15, -0.1) is 11.3 Å². The van der Waals surface area contributed by atoms with Crippen LogP contribution in [0.5, 0.6) is 0 Å². The second-order valence-electron chi connectivity index (χ2n) is 6.07. The smallest absolute Gasteiger partial charge is 0.0962 e. The van der Waals surface area contributed by atoms with Crippen molar-refractivity contribution in [3.05, 3.63) is 15.6 Å². The highest BCUT2D eigenvalue weighted by atomic mass is 32.1. The third-order valence-electron chi connectivity index (χ3n) is 4.60. The molecule has 0 aromatic carbocycles. The number of nitrogens with one attached hydrogen (secondary N) is 1. The molecular formula is C15H24N2S. The van der Waals surface area contributed by atoms with Gasteiger partial charge in [0.1, 0.15) is 0 Å². The zero-order chi connectivity index (χ0) is 12.5. The fourth-order valence-electron chi connectivity index (χ4n) is 3.55. The van der Waals surface area contributed by atoms with E-state index >= 15 is 0 Å². The van der Waals surface area contributed by atoms with Crippen molar-refractivity contribution in [1.29, 1.82) is 0 Å². The summed E-state index contributed by atoms with van der Waals surface area (Å²) in [6, 6.07) is 0.570. The molecule has 0 bridgehead atoms. The first-order valence-electron chi connectivity index (χ1n) is 7.44. The Morgan fingerprint density at radius 2 is 2.11 bits per heavy atom. The van der Waals surface area contributed by atoms with Crippen LogP contribution in [-0.4, -0.2) is 12.0 Å². The summed E-state index contributed by atoms with van der Waals surface area (Å²) in [7, 11) is 2.09. The van der Waals surface area contributed by atoms with E-state index in [1.807, 2.05) is 11.3 Å². The molecule has 0 radical (unpaired) electrons. The predicted molar refractivity (Wildman–Crippen MR) is 77.2 cm³/mol. The number of rotatable bonds is 2. The lowest BCUT2D eigenvalue weighted by Crippen LogP contribution is -2.19. The molecule has 18 heavy (non-hydrogen) atoms. The second-order valence-corrected chi connectivity index (χ2v) is 7.13. The van der Waals surface area contributed by atoms with Gasteiger partial charge in [-0.1, -0.05) is 19.8 Å². The van der Waals surface area contributed by atoms with Gasteiger partial charge in [0.25, 0.3) is 0 Å². The van der Waals surface area contributed by atoms with Crippen molar-refractivity contribution in [2.75, 3.05) is 7.05 Å². The fourth-order valence-corrected chi connectivity index (χ4v) is 4.95. The Bertz CT molecular complexity index is 413. The Labute approximate surface area is 114 Å². The minimum Gasteiger partial charge on any atom is -0.312 e. The fraction of sp³-hybridized carbons (Fsp3) is 0.800. The van der Waals surface area contributed by atoms with Gasteiger partial charge in [-0.2, -0.15) is 0 Å². The summed E-state index contributed by atoms with van der Waals surface area (Å²) < 4.78 is 0. The Balaban J connectivity index is 1.83. The summed E-state index contributed by atoms with van der Waals surface area (Å²) in [6.07, 6.45) is 9.31. The van der Waals surface area contributed by atoms with E-state index in [-0.39, 0.29) is 0 Å². The summed E-state index contributed by atoms with van der Waals surface area (Å²) in [6.45, 7) is 2.40. The molecule has 1 N–H and O–H groups in total. The molecule has 2 nitrogen and oxygen atoms in total. The summed E-state index contributed by atoms with van der Waals surface area (Å²) >= 11 is 2.00. The van der Waals surface area contributed by atoms with Crippen LogP contribution in [0.1, 0.15) is 73.0 Å². The van der Waals surface area contributed by atoms with Gasteiger partial charge in [-0.05, 0) is 45.1 Å². The van der Waals surface area contributed by atoms with Gasteiger partial charge < -0.3 is 5.32 Å². The molecule has 1 heterocycles. The average Bonchev–Trinajstić information content (AvgIpc) is 2.82. The van der Waals surface area contributed by atoms with Gasteiger partial charge in [-0.3, -0.25) is 0 Å². The van der Waals surface area contributed by atoms with Crippen LogP contribution in [-0.2, 0) is 6.42 Å². The highest BCUT2D eigenvalue weighted by Crippen LogP contribution is 2.41. The summed E-state index contributed by atoms with van der Waals surface area (Å²) in [5, 5.41) is 4.89. The Kier molecular flexibility index (Phi) is 3.71. The number of hydrogen-bond acceptors (Lipinski definition) is 3. The van der Waals surface area contributed by atoms with Crippen LogP contribution in [0.2, 0.25) is 0 Å². The second kappa shape index (κ2) is 5.30. The highest BCUT2D eigenvalue weighted by molar-refractivity contribution is 7.12. The van der Waals surface area contributed by atoms with Gasteiger partial charge in [0.05, 0.1) is 10.7 Å². The number of thiazole rings is 1. The molecule has 0 aliphatic heterocycles. The SMILES string of the molecule is CNC1CCCc2nc(C3CCCC(C)C3)sc21. The molecule has 1 aromatic heterocycles. The predicted octanol–water partition coefficient (Wildman–Crippen LogP) is 4.03. The van der Waals surface area contributed by atoms with E-state index in [0.717, 1.165) is 11.8 Å². The quantitative estimate of drug-likeness (QED) is 0.872. The van der Waals surface area contributed by atoms with Crippen LogP contribution in [0.3, 0.4) is 0 Å². The maximum absolute atomic E-state index is 4.99. The van der Waals surface area contributed by atoms with E-state index in [1.54, 1.807) is 0 Å². The van der Waals surface area contributed by atoms with Gasteiger partial charge in [0.15, 0.2) is 0 Å². The van der Waals surface area contributed by atoms with E-state index < -0.39 is 0 Å². The molecular weight excluding hydrogens is 240 g/mol. The van der Waals surface area contributed by atoms with Crippen molar-refractivity contribution in [1.82, 2.24) is 10.3 Å². The molecule has 3 heteroatoms. The number of fused-ring (bicyclic) bond motifs is 1.